The summed E-state index contributed by atoms with van der Waals surface area (Å²) in [6, 6.07) is 0. The molecule has 1 spiro atoms. The van der Waals surface area contributed by atoms with E-state index >= 15 is 0 Å². The number of aliphatic carboxylic acids is 1. The minimum absolute atomic E-state index is 0.0244. The second-order valence-corrected chi connectivity index (χ2v) is 11.1. The summed E-state index contributed by atoms with van der Waals surface area (Å²) in [6.07, 6.45) is 8.03. The maximum absolute atomic E-state index is 12.3. The van der Waals surface area contributed by atoms with Crippen molar-refractivity contribution in [2.24, 2.45) is 28.6 Å². The summed E-state index contributed by atoms with van der Waals surface area (Å²) in [6.45, 7) is 7.67. The molecule has 4 aliphatic carbocycles. The van der Waals surface area contributed by atoms with Gasteiger partial charge in [-0.3, -0.25) is 4.79 Å². The van der Waals surface area contributed by atoms with Crippen molar-refractivity contribution in [1.29, 1.82) is 0 Å². The molecule has 0 aromatic carbocycles. The third-order valence-corrected chi connectivity index (χ3v) is 9.91. The molecule has 3 N–H and O–H groups in total. The topological polar surface area (TPSA) is 105 Å². The van der Waals surface area contributed by atoms with Crippen LogP contribution in [0.4, 0.5) is 0 Å². The Morgan fingerprint density at radius 1 is 1.16 bits per heavy atom. The first kappa shape index (κ1) is 22.1. The molecule has 0 aromatic heterocycles. The van der Waals surface area contributed by atoms with Gasteiger partial charge in [0.05, 0.1) is 18.8 Å². The maximum Gasteiger partial charge on any atom is 0.352 e. The lowest BCUT2D eigenvalue weighted by atomic mass is 9.45. The number of amides is 1. The molecule has 1 aliphatic heterocycles. The highest BCUT2D eigenvalue weighted by atomic mass is 16.7. The SMILES string of the molecule is C[C@H]1C[C@H]2[C@@H]3CC=C4CC5(CC[C@]4(C)[C@@]3(O)CC[C@]2(C)C1=C(NC=O)C(=O)O)OCCO5. The van der Waals surface area contributed by atoms with Gasteiger partial charge >= 0.3 is 5.97 Å². The summed E-state index contributed by atoms with van der Waals surface area (Å²) in [7, 11) is 0. The van der Waals surface area contributed by atoms with Gasteiger partial charge in [0.2, 0.25) is 6.41 Å². The fourth-order valence-electron chi connectivity index (χ4n) is 8.29. The van der Waals surface area contributed by atoms with Crippen molar-refractivity contribution in [3.05, 3.63) is 22.9 Å². The number of carbonyl (C=O) groups is 2. The van der Waals surface area contributed by atoms with E-state index in [9.17, 15) is 19.8 Å². The number of carbonyl (C=O) groups excluding carboxylic acids is 1. The predicted molar refractivity (Wildman–Crippen MR) is 116 cm³/mol. The average Bonchev–Trinajstić information content (AvgIpc) is 3.30. The summed E-state index contributed by atoms with van der Waals surface area (Å²) in [5.74, 6) is -1.35. The number of carboxylic acid groups (broad SMARTS) is 1. The zero-order chi connectivity index (χ0) is 22.9. The largest absolute Gasteiger partial charge is 0.477 e. The van der Waals surface area contributed by atoms with Crippen LogP contribution in [0.1, 0.15) is 65.7 Å². The van der Waals surface area contributed by atoms with E-state index in [1.165, 1.54) is 5.57 Å². The number of nitrogens with one attached hydrogen (secondary N) is 1. The fraction of sp³-hybridized carbons (Fsp3) is 0.760. The summed E-state index contributed by atoms with van der Waals surface area (Å²) >= 11 is 0. The lowest BCUT2D eigenvalue weighted by Crippen LogP contribution is -2.63. The van der Waals surface area contributed by atoms with Crippen LogP contribution in [-0.4, -0.2) is 47.2 Å². The van der Waals surface area contributed by atoms with Crippen LogP contribution in [0.5, 0.6) is 0 Å². The number of aliphatic hydroxyl groups is 1. The van der Waals surface area contributed by atoms with Gasteiger partial charge in [-0.15, -0.1) is 0 Å². The summed E-state index contributed by atoms with van der Waals surface area (Å²) in [4.78, 5) is 23.1. The smallest absolute Gasteiger partial charge is 0.352 e. The first-order chi connectivity index (χ1) is 15.1. The molecule has 7 nitrogen and oxygen atoms in total. The molecule has 3 saturated carbocycles. The number of carboxylic acids is 1. The molecule has 1 heterocycles. The average molecular weight is 446 g/mol. The monoisotopic (exact) mass is 445 g/mol. The minimum atomic E-state index is -1.09. The van der Waals surface area contributed by atoms with E-state index in [4.69, 9.17) is 9.47 Å². The van der Waals surface area contributed by atoms with Crippen molar-refractivity contribution in [1.82, 2.24) is 5.32 Å². The Kier molecular flexibility index (Phi) is 4.94. The van der Waals surface area contributed by atoms with E-state index in [-0.39, 0.29) is 34.3 Å². The number of ether oxygens (including phenoxy) is 2. The standard InChI is InChI=1S/C25H35NO6/c1-15-12-18-17-5-4-16-13-24(31-10-11-32-24)8-7-23(16,3)25(17,30)9-6-22(18,2)19(15)20(21(28)29)26-14-27/h4,14-15,17-18,30H,5-13H2,1-3H3,(H,26,27)(H,28,29)/t15-,17-,18-,22-,23-,25+/m0/s1. The summed E-state index contributed by atoms with van der Waals surface area (Å²) in [5.41, 5.74) is 0.594. The molecule has 0 aromatic rings. The van der Waals surface area contributed by atoms with Gasteiger partial charge in [0.1, 0.15) is 5.70 Å². The van der Waals surface area contributed by atoms with Crippen LogP contribution in [0.2, 0.25) is 0 Å². The van der Waals surface area contributed by atoms with Crippen LogP contribution in [0.15, 0.2) is 22.9 Å². The normalized spacial score (nSPS) is 46.0. The lowest BCUT2D eigenvalue weighted by Gasteiger charge is -2.63. The molecular formula is C25H35NO6. The lowest BCUT2D eigenvalue weighted by molar-refractivity contribution is -0.218. The van der Waals surface area contributed by atoms with E-state index in [2.05, 4.69) is 32.2 Å². The van der Waals surface area contributed by atoms with Gasteiger partial charge in [-0.05, 0) is 60.8 Å². The van der Waals surface area contributed by atoms with Crippen LogP contribution in [-0.2, 0) is 19.1 Å². The molecule has 32 heavy (non-hydrogen) atoms. The minimum Gasteiger partial charge on any atom is -0.477 e. The summed E-state index contributed by atoms with van der Waals surface area (Å²) in [5, 5.41) is 24.6. The first-order valence-corrected chi connectivity index (χ1v) is 12.0. The fourth-order valence-corrected chi connectivity index (χ4v) is 8.29. The van der Waals surface area contributed by atoms with E-state index in [1.54, 1.807) is 0 Å². The van der Waals surface area contributed by atoms with Crippen molar-refractivity contribution in [3.8, 4) is 0 Å². The van der Waals surface area contributed by atoms with Crippen molar-refractivity contribution < 1.29 is 29.3 Å². The number of allylic oxidation sites excluding steroid dienone is 2. The van der Waals surface area contributed by atoms with Crippen LogP contribution in [0, 0.1) is 28.6 Å². The van der Waals surface area contributed by atoms with E-state index in [0.29, 0.717) is 38.9 Å². The van der Waals surface area contributed by atoms with Crippen LogP contribution >= 0.6 is 0 Å². The van der Waals surface area contributed by atoms with E-state index in [1.807, 2.05) is 0 Å². The molecule has 4 fully saturated rings. The van der Waals surface area contributed by atoms with Gasteiger partial charge in [0, 0.05) is 18.3 Å². The molecule has 1 amide bonds. The van der Waals surface area contributed by atoms with Gasteiger partial charge in [0.15, 0.2) is 5.79 Å². The predicted octanol–water partition coefficient (Wildman–Crippen LogP) is 3.14. The Labute approximate surface area is 189 Å². The van der Waals surface area contributed by atoms with Crippen molar-refractivity contribution in [2.75, 3.05) is 13.2 Å². The first-order valence-electron chi connectivity index (χ1n) is 12.0. The zero-order valence-electron chi connectivity index (χ0n) is 19.3. The third-order valence-electron chi connectivity index (χ3n) is 9.91. The Morgan fingerprint density at radius 2 is 1.88 bits per heavy atom. The van der Waals surface area contributed by atoms with Gasteiger partial charge < -0.3 is 25.0 Å². The number of hydrogen-bond donors (Lipinski definition) is 3. The Morgan fingerprint density at radius 3 is 2.53 bits per heavy atom. The molecule has 5 aliphatic rings. The number of hydrogen-bond acceptors (Lipinski definition) is 5. The molecule has 1 saturated heterocycles. The zero-order valence-corrected chi connectivity index (χ0v) is 19.3. The van der Waals surface area contributed by atoms with Crippen molar-refractivity contribution in [2.45, 2.75) is 77.1 Å². The highest BCUT2D eigenvalue weighted by Gasteiger charge is 2.67. The van der Waals surface area contributed by atoms with Crippen molar-refractivity contribution in [3.63, 3.8) is 0 Å². The quantitative estimate of drug-likeness (QED) is 0.350. The summed E-state index contributed by atoms with van der Waals surface area (Å²) < 4.78 is 12.0. The molecule has 6 atom stereocenters. The van der Waals surface area contributed by atoms with E-state index in [0.717, 1.165) is 31.3 Å². The highest BCUT2D eigenvalue weighted by Crippen LogP contribution is 2.69. The van der Waals surface area contributed by atoms with Crippen LogP contribution in [0.3, 0.4) is 0 Å². The molecule has 7 heteroatoms. The molecule has 0 bridgehead atoms. The maximum atomic E-state index is 12.3. The Bertz CT molecular complexity index is 904. The third kappa shape index (κ3) is 2.77. The second-order valence-electron chi connectivity index (χ2n) is 11.1. The Balaban J connectivity index is 1.53. The molecular weight excluding hydrogens is 410 g/mol. The number of rotatable bonds is 3. The molecule has 176 valence electrons. The Hall–Kier alpha value is -1.70. The van der Waals surface area contributed by atoms with Crippen LogP contribution < -0.4 is 5.32 Å². The van der Waals surface area contributed by atoms with Gasteiger partial charge in [-0.25, -0.2) is 4.79 Å². The van der Waals surface area contributed by atoms with Gasteiger partial charge in [-0.1, -0.05) is 32.4 Å². The van der Waals surface area contributed by atoms with Crippen LogP contribution in [0.25, 0.3) is 0 Å². The number of fused-ring (bicyclic) bond motifs is 5. The second kappa shape index (κ2) is 7.15. The molecule has 5 rings (SSSR count). The molecule has 0 unspecified atom stereocenters. The van der Waals surface area contributed by atoms with E-state index < -0.39 is 17.4 Å². The highest BCUT2D eigenvalue weighted by molar-refractivity contribution is 5.90. The van der Waals surface area contributed by atoms with Crippen molar-refractivity contribution >= 4 is 12.4 Å². The van der Waals surface area contributed by atoms with Gasteiger partial charge in [0.25, 0.3) is 0 Å². The molecule has 0 radical (unpaired) electrons. The van der Waals surface area contributed by atoms with Gasteiger partial charge in [-0.2, -0.15) is 0 Å².